The molecule has 6 nitrogen and oxygen atoms in total. The molecule has 108 valence electrons. The van der Waals surface area contributed by atoms with Gasteiger partial charge in [-0.25, -0.2) is 9.89 Å². The number of H-pyrrole nitrogens is 2. The van der Waals surface area contributed by atoms with E-state index in [2.05, 4.69) is 20.1 Å². The van der Waals surface area contributed by atoms with Gasteiger partial charge in [0.05, 0.1) is 12.6 Å². The van der Waals surface area contributed by atoms with Gasteiger partial charge in [0.2, 0.25) is 0 Å². The number of aliphatic hydroxyl groups is 1. The minimum Gasteiger partial charge on any atom is -0.388 e. The number of aliphatic hydroxyl groups excluding tert-OH is 1. The molecule has 0 saturated carbocycles. The molecule has 3 heterocycles. The van der Waals surface area contributed by atoms with E-state index in [1.54, 1.807) is 11.3 Å². The normalized spacial score (nSPS) is 21.4. The molecule has 7 heteroatoms. The fourth-order valence-corrected chi connectivity index (χ4v) is 3.52. The second-order valence-corrected chi connectivity index (χ2v) is 6.14. The third kappa shape index (κ3) is 3.00. The lowest BCUT2D eigenvalue weighted by Crippen LogP contribution is -2.30. The summed E-state index contributed by atoms with van der Waals surface area (Å²) in [6, 6.07) is 4.27. The summed E-state index contributed by atoms with van der Waals surface area (Å²) in [4.78, 5) is 17.0. The molecule has 0 aromatic carbocycles. The average molecular weight is 294 g/mol. The predicted molar refractivity (Wildman–Crippen MR) is 76.5 cm³/mol. The third-order valence-electron chi connectivity index (χ3n) is 3.77. The Kier molecular flexibility index (Phi) is 4.00. The van der Waals surface area contributed by atoms with E-state index in [4.69, 9.17) is 0 Å². The molecule has 3 rings (SSSR count). The van der Waals surface area contributed by atoms with Crippen molar-refractivity contribution in [1.82, 2.24) is 20.1 Å². The van der Waals surface area contributed by atoms with E-state index in [1.807, 2.05) is 17.5 Å². The summed E-state index contributed by atoms with van der Waals surface area (Å²) >= 11 is 1.59. The van der Waals surface area contributed by atoms with Crippen molar-refractivity contribution in [3.05, 3.63) is 38.7 Å². The molecule has 1 saturated heterocycles. The zero-order valence-corrected chi connectivity index (χ0v) is 11.9. The zero-order chi connectivity index (χ0) is 13.9. The Hall–Kier alpha value is -1.44. The summed E-state index contributed by atoms with van der Waals surface area (Å²) in [6.45, 7) is 1.61. The molecule has 0 bridgehead atoms. The van der Waals surface area contributed by atoms with E-state index in [0.717, 1.165) is 30.7 Å². The Morgan fingerprint density at radius 1 is 1.60 bits per heavy atom. The summed E-state index contributed by atoms with van der Waals surface area (Å²) in [5.41, 5.74) is -0.269. The van der Waals surface area contributed by atoms with Crippen LogP contribution in [0.1, 0.15) is 36.1 Å². The van der Waals surface area contributed by atoms with Gasteiger partial charge in [-0.3, -0.25) is 9.88 Å². The molecular weight excluding hydrogens is 276 g/mol. The van der Waals surface area contributed by atoms with Gasteiger partial charge in [0, 0.05) is 10.9 Å². The Labute approximate surface area is 120 Å². The number of rotatable bonds is 5. The predicted octanol–water partition coefficient (Wildman–Crippen LogP) is 1.25. The maximum atomic E-state index is 11.0. The molecule has 0 aliphatic carbocycles. The number of nitrogens with zero attached hydrogens (tertiary/aromatic N) is 2. The second kappa shape index (κ2) is 5.90. The standard InChI is InChI=1S/C13H18N4O2S/c18-10(11-4-2-6-20-11)7-9-3-1-5-17(9)8-12-14-13(19)16-15-12/h2,4,6,9-10,18H,1,3,5,7-8H2,(H2,14,15,16,19). The molecule has 3 N–H and O–H groups in total. The van der Waals surface area contributed by atoms with Gasteiger partial charge in [0.1, 0.15) is 5.82 Å². The smallest absolute Gasteiger partial charge is 0.340 e. The summed E-state index contributed by atoms with van der Waals surface area (Å²) in [5.74, 6) is 0.660. The van der Waals surface area contributed by atoms with Crippen molar-refractivity contribution >= 4 is 11.3 Å². The van der Waals surface area contributed by atoms with Crippen LogP contribution in [0.5, 0.6) is 0 Å². The van der Waals surface area contributed by atoms with Crippen LogP contribution in [0, 0.1) is 0 Å². The Balaban J connectivity index is 1.62. The Morgan fingerprint density at radius 2 is 2.50 bits per heavy atom. The van der Waals surface area contributed by atoms with Gasteiger partial charge < -0.3 is 5.11 Å². The fraction of sp³-hybridized carbons (Fsp3) is 0.538. The second-order valence-electron chi connectivity index (χ2n) is 5.16. The van der Waals surface area contributed by atoms with E-state index in [1.165, 1.54) is 0 Å². The highest BCUT2D eigenvalue weighted by Gasteiger charge is 2.28. The van der Waals surface area contributed by atoms with Crippen LogP contribution in [0.4, 0.5) is 0 Å². The van der Waals surface area contributed by atoms with Gasteiger partial charge in [-0.2, -0.15) is 5.10 Å². The summed E-state index contributed by atoms with van der Waals surface area (Å²) in [5, 5.41) is 18.6. The maximum Gasteiger partial charge on any atom is 0.340 e. The van der Waals surface area contributed by atoms with Crippen LogP contribution in [0.25, 0.3) is 0 Å². The molecule has 1 aliphatic rings. The van der Waals surface area contributed by atoms with Crippen LogP contribution in [0.15, 0.2) is 22.3 Å². The van der Waals surface area contributed by atoms with Gasteiger partial charge in [-0.05, 0) is 37.3 Å². The number of thiophene rings is 1. The monoisotopic (exact) mass is 294 g/mol. The van der Waals surface area contributed by atoms with Crippen molar-refractivity contribution in [2.75, 3.05) is 6.54 Å². The van der Waals surface area contributed by atoms with Crippen LogP contribution in [0.3, 0.4) is 0 Å². The first kappa shape index (κ1) is 13.5. The van der Waals surface area contributed by atoms with Crippen molar-refractivity contribution in [1.29, 1.82) is 0 Å². The highest BCUT2D eigenvalue weighted by atomic mass is 32.1. The van der Waals surface area contributed by atoms with E-state index < -0.39 is 6.10 Å². The van der Waals surface area contributed by atoms with E-state index >= 15 is 0 Å². The van der Waals surface area contributed by atoms with Crippen molar-refractivity contribution < 1.29 is 5.11 Å². The number of aromatic amines is 2. The highest BCUT2D eigenvalue weighted by molar-refractivity contribution is 7.10. The van der Waals surface area contributed by atoms with E-state index in [-0.39, 0.29) is 5.69 Å². The van der Waals surface area contributed by atoms with Crippen molar-refractivity contribution in [3.8, 4) is 0 Å². The molecule has 2 aromatic heterocycles. The largest absolute Gasteiger partial charge is 0.388 e. The van der Waals surface area contributed by atoms with Gasteiger partial charge in [-0.15, -0.1) is 11.3 Å². The average Bonchev–Trinajstić information content (AvgIpc) is 3.13. The first-order valence-electron chi connectivity index (χ1n) is 6.81. The lowest BCUT2D eigenvalue weighted by molar-refractivity contribution is 0.119. The van der Waals surface area contributed by atoms with Gasteiger partial charge in [-0.1, -0.05) is 6.07 Å². The van der Waals surface area contributed by atoms with Crippen LogP contribution < -0.4 is 5.69 Å². The van der Waals surface area contributed by atoms with Gasteiger partial charge >= 0.3 is 5.69 Å². The number of aromatic nitrogens is 3. The topological polar surface area (TPSA) is 85.0 Å². The molecule has 2 atom stereocenters. The molecule has 2 aromatic rings. The molecule has 1 fully saturated rings. The van der Waals surface area contributed by atoms with Crippen LogP contribution in [0.2, 0.25) is 0 Å². The van der Waals surface area contributed by atoms with E-state index in [0.29, 0.717) is 18.4 Å². The molecular formula is C13H18N4O2S. The molecule has 2 unspecified atom stereocenters. The highest BCUT2D eigenvalue weighted by Crippen LogP contribution is 2.29. The first-order valence-corrected chi connectivity index (χ1v) is 7.69. The van der Waals surface area contributed by atoms with Gasteiger partial charge in [0.15, 0.2) is 0 Å². The van der Waals surface area contributed by atoms with Gasteiger partial charge in [0.25, 0.3) is 0 Å². The lowest BCUT2D eigenvalue weighted by atomic mass is 10.1. The van der Waals surface area contributed by atoms with Crippen molar-refractivity contribution in [2.45, 2.75) is 38.0 Å². The molecule has 1 aliphatic heterocycles. The van der Waals surface area contributed by atoms with Crippen LogP contribution in [-0.2, 0) is 6.54 Å². The third-order valence-corrected chi connectivity index (χ3v) is 4.74. The molecule has 0 radical (unpaired) electrons. The van der Waals surface area contributed by atoms with Crippen molar-refractivity contribution in [2.24, 2.45) is 0 Å². The SMILES string of the molecule is O=c1[nH]nc(CN2CCCC2CC(O)c2cccs2)[nH]1. The molecule has 0 amide bonds. The first-order chi connectivity index (χ1) is 9.72. The number of likely N-dealkylation sites (tertiary alicyclic amines) is 1. The molecule has 20 heavy (non-hydrogen) atoms. The quantitative estimate of drug-likeness (QED) is 0.775. The summed E-state index contributed by atoms with van der Waals surface area (Å²) < 4.78 is 0. The Bertz CT molecular complexity index is 592. The number of hydrogen-bond acceptors (Lipinski definition) is 5. The zero-order valence-electron chi connectivity index (χ0n) is 11.1. The van der Waals surface area contributed by atoms with E-state index in [9.17, 15) is 9.90 Å². The molecule has 0 spiro atoms. The fourth-order valence-electron chi connectivity index (χ4n) is 2.80. The van der Waals surface area contributed by atoms with Crippen LogP contribution >= 0.6 is 11.3 Å². The number of hydrogen-bond donors (Lipinski definition) is 3. The van der Waals surface area contributed by atoms with Crippen LogP contribution in [-0.4, -0.2) is 37.8 Å². The lowest BCUT2D eigenvalue weighted by Gasteiger charge is -2.25. The summed E-state index contributed by atoms with van der Waals surface area (Å²) in [6.07, 6.45) is 2.53. The van der Waals surface area contributed by atoms with Crippen molar-refractivity contribution in [3.63, 3.8) is 0 Å². The maximum absolute atomic E-state index is 11.0. The minimum absolute atomic E-state index is 0.269. The summed E-state index contributed by atoms with van der Waals surface area (Å²) in [7, 11) is 0. The Morgan fingerprint density at radius 3 is 3.20 bits per heavy atom. The minimum atomic E-state index is -0.404. The number of nitrogens with one attached hydrogen (secondary N) is 2.